The maximum Gasteiger partial charge on any atom is 0.124 e. The number of hydrogen-bond acceptors (Lipinski definition) is 3. The van der Waals surface area contributed by atoms with Crippen molar-refractivity contribution >= 4 is 22.6 Å². The van der Waals surface area contributed by atoms with Gasteiger partial charge < -0.3 is 10.3 Å². The maximum absolute atomic E-state index is 6.00. The standard InChI is InChI=1S/C16H20ClN5/c1-10(2)22-9-12(8-19-22)7-18-11(3)16-20-14-5-4-13(17)6-15(14)21-16/h4-6,8-11,18H,7H2,1-3H3,(H,20,21). The minimum atomic E-state index is 0.119. The zero-order valence-corrected chi connectivity index (χ0v) is 13.7. The first-order chi connectivity index (χ1) is 10.5. The van der Waals surface area contributed by atoms with E-state index in [1.807, 2.05) is 29.1 Å². The summed E-state index contributed by atoms with van der Waals surface area (Å²) < 4.78 is 1.96. The zero-order chi connectivity index (χ0) is 15.7. The molecule has 22 heavy (non-hydrogen) atoms. The first-order valence-corrected chi connectivity index (χ1v) is 7.82. The molecule has 1 atom stereocenters. The van der Waals surface area contributed by atoms with E-state index in [-0.39, 0.29) is 6.04 Å². The van der Waals surface area contributed by atoms with E-state index in [1.165, 1.54) is 5.56 Å². The van der Waals surface area contributed by atoms with Crippen molar-refractivity contribution < 1.29 is 0 Å². The van der Waals surface area contributed by atoms with Gasteiger partial charge in [0.1, 0.15) is 5.82 Å². The van der Waals surface area contributed by atoms with Crippen LogP contribution >= 0.6 is 11.6 Å². The third-order valence-corrected chi connectivity index (χ3v) is 3.90. The number of halogens is 1. The highest BCUT2D eigenvalue weighted by molar-refractivity contribution is 6.31. The van der Waals surface area contributed by atoms with E-state index in [2.05, 4.69) is 47.4 Å². The summed E-state index contributed by atoms with van der Waals surface area (Å²) in [4.78, 5) is 7.92. The number of imidazole rings is 1. The highest BCUT2D eigenvalue weighted by Gasteiger charge is 2.11. The largest absolute Gasteiger partial charge is 0.341 e. The van der Waals surface area contributed by atoms with Crippen LogP contribution in [-0.4, -0.2) is 19.7 Å². The lowest BCUT2D eigenvalue weighted by atomic mass is 10.3. The van der Waals surface area contributed by atoms with Crippen LogP contribution in [0.2, 0.25) is 5.02 Å². The fraction of sp³-hybridized carbons (Fsp3) is 0.375. The lowest BCUT2D eigenvalue weighted by Crippen LogP contribution is -2.19. The van der Waals surface area contributed by atoms with Crippen LogP contribution in [0, 0.1) is 0 Å². The summed E-state index contributed by atoms with van der Waals surface area (Å²) in [7, 11) is 0. The minimum absolute atomic E-state index is 0.119. The van der Waals surface area contributed by atoms with E-state index in [1.54, 1.807) is 0 Å². The van der Waals surface area contributed by atoms with Gasteiger partial charge in [0.05, 0.1) is 23.3 Å². The summed E-state index contributed by atoms with van der Waals surface area (Å²) in [6.45, 7) is 7.08. The molecule has 116 valence electrons. The molecule has 0 aliphatic heterocycles. The van der Waals surface area contributed by atoms with Crippen LogP contribution in [0.3, 0.4) is 0 Å². The molecule has 1 unspecified atom stereocenters. The minimum Gasteiger partial charge on any atom is -0.341 e. The first-order valence-electron chi connectivity index (χ1n) is 7.44. The Morgan fingerprint density at radius 1 is 1.32 bits per heavy atom. The number of fused-ring (bicyclic) bond motifs is 1. The summed E-state index contributed by atoms with van der Waals surface area (Å²) in [5, 5.41) is 8.52. The molecule has 0 amide bonds. The molecule has 2 N–H and O–H groups in total. The lowest BCUT2D eigenvalue weighted by molar-refractivity contribution is 0.529. The van der Waals surface area contributed by atoms with Crippen molar-refractivity contribution in [2.45, 2.75) is 39.4 Å². The fourth-order valence-corrected chi connectivity index (χ4v) is 2.50. The molecule has 0 aliphatic rings. The van der Waals surface area contributed by atoms with Crippen LogP contribution < -0.4 is 5.32 Å². The van der Waals surface area contributed by atoms with E-state index in [9.17, 15) is 0 Å². The Morgan fingerprint density at radius 3 is 2.86 bits per heavy atom. The van der Waals surface area contributed by atoms with Gasteiger partial charge in [0.15, 0.2) is 0 Å². The van der Waals surface area contributed by atoms with Crippen LogP contribution in [0.5, 0.6) is 0 Å². The number of H-pyrrole nitrogens is 1. The van der Waals surface area contributed by atoms with Gasteiger partial charge >= 0.3 is 0 Å². The maximum atomic E-state index is 6.00. The molecule has 3 rings (SSSR count). The average Bonchev–Trinajstić information content (AvgIpc) is 3.10. The Bertz CT molecular complexity index is 774. The Labute approximate surface area is 134 Å². The van der Waals surface area contributed by atoms with Crippen molar-refractivity contribution in [3.8, 4) is 0 Å². The Balaban J connectivity index is 1.68. The lowest BCUT2D eigenvalue weighted by Gasteiger charge is -2.10. The van der Waals surface area contributed by atoms with Gasteiger partial charge in [0, 0.05) is 29.4 Å². The van der Waals surface area contributed by atoms with Crippen LogP contribution in [0.1, 0.15) is 44.2 Å². The molecule has 0 saturated carbocycles. The van der Waals surface area contributed by atoms with E-state index in [0.29, 0.717) is 11.1 Å². The van der Waals surface area contributed by atoms with Gasteiger partial charge in [0.25, 0.3) is 0 Å². The number of benzene rings is 1. The highest BCUT2D eigenvalue weighted by atomic mass is 35.5. The van der Waals surface area contributed by atoms with Crippen LogP contribution in [0.4, 0.5) is 0 Å². The van der Waals surface area contributed by atoms with Gasteiger partial charge in [-0.15, -0.1) is 0 Å². The number of nitrogens with one attached hydrogen (secondary N) is 2. The molecule has 0 saturated heterocycles. The number of aromatic amines is 1. The highest BCUT2D eigenvalue weighted by Crippen LogP contribution is 2.20. The van der Waals surface area contributed by atoms with E-state index < -0.39 is 0 Å². The summed E-state index contributed by atoms with van der Waals surface area (Å²) >= 11 is 6.00. The molecular formula is C16H20ClN5. The molecule has 0 bridgehead atoms. The second kappa shape index (κ2) is 6.10. The Kier molecular flexibility index (Phi) is 4.18. The zero-order valence-electron chi connectivity index (χ0n) is 13.0. The van der Waals surface area contributed by atoms with Crippen LogP contribution in [0.25, 0.3) is 11.0 Å². The quantitative estimate of drug-likeness (QED) is 0.751. The second-order valence-corrected chi connectivity index (χ2v) is 6.24. The first kappa shape index (κ1) is 15.1. The van der Waals surface area contributed by atoms with E-state index in [4.69, 9.17) is 11.6 Å². The van der Waals surface area contributed by atoms with Crippen LogP contribution in [-0.2, 0) is 6.54 Å². The molecule has 1 aromatic carbocycles. The number of hydrogen-bond donors (Lipinski definition) is 2. The SMILES string of the molecule is CC(NCc1cnn(C(C)C)c1)c1nc2ccc(Cl)cc2[nH]1. The summed E-state index contributed by atoms with van der Waals surface area (Å²) in [5.74, 6) is 0.911. The van der Waals surface area contributed by atoms with E-state index >= 15 is 0 Å². The molecule has 0 radical (unpaired) electrons. The van der Waals surface area contributed by atoms with Crippen molar-refractivity contribution in [2.75, 3.05) is 0 Å². The normalized spacial score (nSPS) is 13.1. The molecule has 2 heterocycles. The van der Waals surface area contributed by atoms with E-state index in [0.717, 1.165) is 23.4 Å². The topological polar surface area (TPSA) is 58.5 Å². The van der Waals surface area contributed by atoms with Crippen molar-refractivity contribution in [1.82, 2.24) is 25.1 Å². The fourth-order valence-electron chi connectivity index (χ4n) is 2.33. The molecule has 0 fully saturated rings. The number of nitrogens with zero attached hydrogens (tertiary/aromatic N) is 3. The molecule has 6 heteroatoms. The van der Waals surface area contributed by atoms with Gasteiger partial charge in [-0.25, -0.2) is 4.98 Å². The smallest absolute Gasteiger partial charge is 0.124 e. The van der Waals surface area contributed by atoms with Gasteiger partial charge in [-0.1, -0.05) is 11.6 Å². The van der Waals surface area contributed by atoms with Crippen LogP contribution in [0.15, 0.2) is 30.6 Å². The third kappa shape index (κ3) is 3.15. The van der Waals surface area contributed by atoms with Gasteiger partial charge in [0.2, 0.25) is 0 Å². The molecular weight excluding hydrogens is 298 g/mol. The Morgan fingerprint density at radius 2 is 2.14 bits per heavy atom. The predicted octanol–water partition coefficient (Wildman–Crippen LogP) is 3.84. The average molecular weight is 318 g/mol. The Hall–Kier alpha value is -1.85. The summed E-state index contributed by atoms with van der Waals surface area (Å²) in [6.07, 6.45) is 3.97. The molecule has 0 spiro atoms. The summed E-state index contributed by atoms with van der Waals surface area (Å²) in [6, 6.07) is 6.18. The molecule has 0 aliphatic carbocycles. The molecule has 3 aromatic rings. The van der Waals surface area contributed by atoms with Crippen molar-refractivity contribution in [1.29, 1.82) is 0 Å². The molecule has 5 nitrogen and oxygen atoms in total. The molecule has 2 aromatic heterocycles. The van der Waals surface area contributed by atoms with Gasteiger partial charge in [-0.05, 0) is 39.0 Å². The van der Waals surface area contributed by atoms with Crippen molar-refractivity contribution in [3.63, 3.8) is 0 Å². The monoisotopic (exact) mass is 317 g/mol. The number of rotatable bonds is 5. The van der Waals surface area contributed by atoms with Crippen molar-refractivity contribution in [2.24, 2.45) is 0 Å². The second-order valence-electron chi connectivity index (χ2n) is 5.81. The predicted molar refractivity (Wildman–Crippen MR) is 89.0 cm³/mol. The van der Waals surface area contributed by atoms with Crippen molar-refractivity contribution in [3.05, 3.63) is 47.0 Å². The number of aromatic nitrogens is 4. The third-order valence-electron chi connectivity index (χ3n) is 3.67. The van der Waals surface area contributed by atoms with Gasteiger partial charge in [-0.2, -0.15) is 5.10 Å². The van der Waals surface area contributed by atoms with Gasteiger partial charge in [-0.3, -0.25) is 4.68 Å². The summed E-state index contributed by atoms with van der Waals surface area (Å²) in [5.41, 5.74) is 3.06.